The largest absolute Gasteiger partial charge is 0.497 e. The highest BCUT2D eigenvalue weighted by atomic mass is 16.5. The third kappa shape index (κ3) is 4.76. The minimum absolute atomic E-state index is 0.271. The monoisotopic (exact) mass is 378 g/mol. The Morgan fingerprint density at radius 1 is 1.04 bits per heavy atom. The Kier molecular flexibility index (Phi) is 6.06. The van der Waals surface area contributed by atoms with Gasteiger partial charge in [-0.1, -0.05) is 18.2 Å². The van der Waals surface area contributed by atoms with E-state index in [2.05, 4.69) is 20.6 Å². The number of rotatable bonds is 7. The number of methoxy groups -OCH3 is 2. The minimum atomic E-state index is -0.271. The molecule has 0 saturated carbocycles. The lowest BCUT2D eigenvalue weighted by molar-refractivity contribution is 0.102. The number of benzene rings is 2. The molecule has 0 fully saturated rings. The molecule has 7 nitrogen and oxygen atoms in total. The fourth-order valence-corrected chi connectivity index (χ4v) is 2.60. The maximum atomic E-state index is 12.5. The summed E-state index contributed by atoms with van der Waals surface area (Å²) >= 11 is 0. The van der Waals surface area contributed by atoms with Gasteiger partial charge in [0.2, 0.25) is 5.95 Å². The van der Waals surface area contributed by atoms with Crippen molar-refractivity contribution in [3.05, 3.63) is 71.5 Å². The molecule has 3 rings (SSSR count). The van der Waals surface area contributed by atoms with Gasteiger partial charge in [0.25, 0.3) is 5.91 Å². The van der Waals surface area contributed by atoms with Gasteiger partial charge in [-0.3, -0.25) is 4.79 Å². The number of hydrogen-bond donors (Lipinski definition) is 2. The van der Waals surface area contributed by atoms with Crippen LogP contribution < -0.4 is 20.1 Å². The van der Waals surface area contributed by atoms with Crippen LogP contribution in [0, 0.1) is 6.92 Å². The SMILES string of the molecule is COc1ccc(CNc2ncc(C(=O)Nc3cccc(OC)c3)c(C)n2)cc1. The van der Waals surface area contributed by atoms with E-state index in [9.17, 15) is 4.79 Å². The van der Waals surface area contributed by atoms with Crippen LogP contribution in [0.2, 0.25) is 0 Å². The van der Waals surface area contributed by atoms with Crippen LogP contribution in [-0.2, 0) is 6.54 Å². The molecule has 7 heteroatoms. The lowest BCUT2D eigenvalue weighted by Gasteiger charge is -2.10. The van der Waals surface area contributed by atoms with E-state index in [1.54, 1.807) is 33.3 Å². The fraction of sp³-hybridized carbons (Fsp3) is 0.190. The summed E-state index contributed by atoms with van der Waals surface area (Å²) in [5.41, 5.74) is 2.72. The van der Waals surface area contributed by atoms with Crippen LogP contribution in [0.5, 0.6) is 11.5 Å². The molecule has 0 saturated heterocycles. The molecule has 28 heavy (non-hydrogen) atoms. The summed E-state index contributed by atoms with van der Waals surface area (Å²) in [6, 6.07) is 14.9. The minimum Gasteiger partial charge on any atom is -0.497 e. The van der Waals surface area contributed by atoms with E-state index in [4.69, 9.17) is 9.47 Å². The Balaban J connectivity index is 1.64. The van der Waals surface area contributed by atoms with Crippen molar-refractivity contribution in [3.63, 3.8) is 0 Å². The molecule has 0 radical (unpaired) electrons. The summed E-state index contributed by atoms with van der Waals surface area (Å²) in [6.07, 6.45) is 1.52. The standard InChI is InChI=1S/C21H22N4O3/c1-14-19(20(26)25-16-5-4-6-18(11-16)28-3)13-23-21(24-14)22-12-15-7-9-17(27-2)10-8-15/h4-11,13H,12H2,1-3H3,(H,25,26)(H,22,23,24). The van der Waals surface area contributed by atoms with Gasteiger partial charge >= 0.3 is 0 Å². The number of carbonyl (C=O) groups is 1. The molecule has 3 aromatic rings. The van der Waals surface area contributed by atoms with Gasteiger partial charge in [0.15, 0.2) is 0 Å². The fourth-order valence-electron chi connectivity index (χ4n) is 2.60. The maximum Gasteiger partial charge on any atom is 0.259 e. The van der Waals surface area contributed by atoms with Crippen LogP contribution in [0.25, 0.3) is 0 Å². The zero-order valence-corrected chi connectivity index (χ0v) is 16.0. The molecule has 1 aromatic heterocycles. The molecule has 2 aromatic carbocycles. The average molecular weight is 378 g/mol. The molecule has 0 spiro atoms. The number of anilines is 2. The molecule has 0 aliphatic rings. The summed E-state index contributed by atoms with van der Waals surface area (Å²) < 4.78 is 10.3. The zero-order valence-electron chi connectivity index (χ0n) is 16.0. The van der Waals surface area contributed by atoms with Gasteiger partial charge < -0.3 is 20.1 Å². The van der Waals surface area contributed by atoms with Crippen molar-refractivity contribution in [3.8, 4) is 11.5 Å². The molecule has 144 valence electrons. The molecule has 0 unspecified atom stereocenters. The Morgan fingerprint density at radius 3 is 2.46 bits per heavy atom. The van der Waals surface area contributed by atoms with Gasteiger partial charge in [0.1, 0.15) is 11.5 Å². The normalized spacial score (nSPS) is 10.2. The number of aromatic nitrogens is 2. The summed E-state index contributed by atoms with van der Waals surface area (Å²) in [7, 11) is 3.21. The van der Waals surface area contributed by atoms with Gasteiger partial charge in [-0.2, -0.15) is 0 Å². The average Bonchev–Trinajstić information content (AvgIpc) is 2.72. The Morgan fingerprint density at radius 2 is 1.79 bits per heavy atom. The van der Waals surface area contributed by atoms with Crippen LogP contribution >= 0.6 is 0 Å². The molecular weight excluding hydrogens is 356 g/mol. The summed E-state index contributed by atoms with van der Waals surface area (Å²) in [5, 5.41) is 5.99. The van der Waals surface area contributed by atoms with Crippen LogP contribution in [0.1, 0.15) is 21.6 Å². The smallest absolute Gasteiger partial charge is 0.259 e. The van der Waals surface area contributed by atoms with E-state index in [1.165, 1.54) is 6.20 Å². The molecular formula is C21H22N4O3. The van der Waals surface area contributed by atoms with E-state index in [0.29, 0.717) is 35.2 Å². The number of nitrogens with zero attached hydrogens (tertiary/aromatic N) is 2. The number of nitrogens with one attached hydrogen (secondary N) is 2. The first-order valence-corrected chi connectivity index (χ1v) is 8.75. The number of aryl methyl sites for hydroxylation is 1. The molecule has 0 atom stereocenters. The zero-order chi connectivity index (χ0) is 19.9. The second-order valence-corrected chi connectivity index (χ2v) is 6.08. The third-order valence-electron chi connectivity index (χ3n) is 4.16. The quantitative estimate of drug-likeness (QED) is 0.653. The van der Waals surface area contributed by atoms with Crippen LogP contribution in [0.3, 0.4) is 0 Å². The van der Waals surface area contributed by atoms with Crippen molar-refractivity contribution in [2.75, 3.05) is 24.9 Å². The predicted octanol–water partition coefficient (Wildman–Crippen LogP) is 3.67. The molecule has 0 aliphatic heterocycles. The predicted molar refractivity (Wildman–Crippen MR) is 108 cm³/mol. The summed E-state index contributed by atoms with van der Waals surface area (Å²) in [4.78, 5) is 21.2. The molecule has 1 amide bonds. The van der Waals surface area contributed by atoms with E-state index >= 15 is 0 Å². The Labute approximate surface area is 163 Å². The van der Waals surface area contributed by atoms with Crippen molar-refractivity contribution >= 4 is 17.5 Å². The van der Waals surface area contributed by atoms with Gasteiger partial charge in [0, 0.05) is 24.5 Å². The van der Waals surface area contributed by atoms with E-state index < -0.39 is 0 Å². The van der Waals surface area contributed by atoms with Crippen molar-refractivity contribution in [1.82, 2.24) is 9.97 Å². The van der Waals surface area contributed by atoms with Gasteiger partial charge in [0.05, 0.1) is 25.5 Å². The van der Waals surface area contributed by atoms with Crippen LogP contribution in [0.15, 0.2) is 54.7 Å². The number of carbonyl (C=O) groups excluding carboxylic acids is 1. The first-order chi connectivity index (χ1) is 13.6. The first-order valence-electron chi connectivity index (χ1n) is 8.75. The van der Waals surface area contributed by atoms with Crippen molar-refractivity contribution in [1.29, 1.82) is 0 Å². The second kappa shape index (κ2) is 8.85. The van der Waals surface area contributed by atoms with Crippen molar-refractivity contribution in [2.24, 2.45) is 0 Å². The van der Waals surface area contributed by atoms with E-state index in [1.807, 2.05) is 36.4 Å². The first kappa shape index (κ1) is 19.2. The molecule has 1 heterocycles. The highest BCUT2D eigenvalue weighted by Crippen LogP contribution is 2.18. The highest BCUT2D eigenvalue weighted by Gasteiger charge is 2.12. The molecule has 0 bridgehead atoms. The van der Waals surface area contributed by atoms with Crippen LogP contribution in [-0.4, -0.2) is 30.1 Å². The van der Waals surface area contributed by atoms with Gasteiger partial charge in [-0.25, -0.2) is 9.97 Å². The lowest BCUT2D eigenvalue weighted by atomic mass is 10.2. The maximum absolute atomic E-state index is 12.5. The lowest BCUT2D eigenvalue weighted by Crippen LogP contribution is -2.15. The number of hydrogen-bond acceptors (Lipinski definition) is 6. The Hall–Kier alpha value is -3.61. The Bertz CT molecular complexity index is 958. The number of ether oxygens (including phenoxy) is 2. The molecule has 0 aliphatic carbocycles. The van der Waals surface area contributed by atoms with Gasteiger partial charge in [-0.15, -0.1) is 0 Å². The number of amides is 1. The van der Waals surface area contributed by atoms with Crippen LogP contribution in [0.4, 0.5) is 11.6 Å². The summed E-state index contributed by atoms with van der Waals surface area (Å²) in [6.45, 7) is 2.35. The van der Waals surface area contributed by atoms with Gasteiger partial charge in [-0.05, 0) is 36.8 Å². The second-order valence-electron chi connectivity index (χ2n) is 6.08. The topological polar surface area (TPSA) is 85.4 Å². The summed E-state index contributed by atoms with van der Waals surface area (Å²) in [5.74, 6) is 1.67. The third-order valence-corrected chi connectivity index (χ3v) is 4.16. The van der Waals surface area contributed by atoms with E-state index in [-0.39, 0.29) is 5.91 Å². The highest BCUT2D eigenvalue weighted by molar-refractivity contribution is 6.04. The van der Waals surface area contributed by atoms with Crippen molar-refractivity contribution < 1.29 is 14.3 Å². The van der Waals surface area contributed by atoms with E-state index in [0.717, 1.165) is 11.3 Å². The van der Waals surface area contributed by atoms with Crippen molar-refractivity contribution in [2.45, 2.75) is 13.5 Å². The molecule has 2 N–H and O–H groups in total.